The Kier molecular flexibility index (Phi) is 4.35. The summed E-state index contributed by atoms with van der Waals surface area (Å²) in [5.41, 5.74) is 0.388. The number of thiocarbonyl (C=S) groups is 1. The number of rotatable bonds is 2. The van der Waals surface area contributed by atoms with Gasteiger partial charge in [-0.2, -0.15) is 0 Å². The fraction of sp³-hybridized carbons (Fsp3) is 0.267. The summed E-state index contributed by atoms with van der Waals surface area (Å²) in [5.74, 6) is -1.49. The molecule has 8 heteroatoms. The van der Waals surface area contributed by atoms with Crippen molar-refractivity contribution in [3.8, 4) is 0 Å². The third kappa shape index (κ3) is 3.22. The van der Waals surface area contributed by atoms with Gasteiger partial charge in [-0.05, 0) is 36.5 Å². The van der Waals surface area contributed by atoms with Crippen LogP contribution in [0.2, 0.25) is 0 Å². The van der Waals surface area contributed by atoms with E-state index in [4.69, 9.17) is 17.0 Å². The normalized spacial score (nSPS) is 20.9. The lowest BCUT2D eigenvalue weighted by Gasteiger charge is -2.31. The smallest absolute Gasteiger partial charge is 0.271 e. The second-order valence-corrected chi connectivity index (χ2v) is 5.45. The summed E-state index contributed by atoms with van der Waals surface area (Å²) in [5, 5.41) is 2.47. The van der Waals surface area contributed by atoms with Gasteiger partial charge in [0.25, 0.3) is 11.8 Å². The number of amides is 2. The highest BCUT2D eigenvalue weighted by Gasteiger charge is 2.35. The van der Waals surface area contributed by atoms with Crippen LogP contribution in [0.5, 0.6) is 0 Å². The third-order valence-electron chi connectivity index (χ3n) is 3.54. The monoisotopic (exact) mass is 335 g/mol. The van der Waals surface area contributed by atoms with E-state index in [0.29, 0.717) is 32.0 Å². The van der Waals surface area contributed by atoms with Crippen molar-refractivity contribution in [2.45, 2.75) is 0 Å². The lowest BCUT2D eigenvalue weighted by molar-refractivity contribution is -0.122. The molecule has 0 atom stereocenters. The highest BCUT2D eigenvalue weighted by molar-refractivity contribution is 7.80. The van der Waals surface area contributed by atoms with Gasteiger partial charge in [0.15, 0.2) is 5.11 Å². The minimum atomic E-state index is -0.537. The van der Waals surface area contributed by atoms with Crippen molar-refractivity contribution in [2.24, 2.45) is 0 Å². The Hall–Kier alpha value is -2.32. The maximum atomic E-state index is 13.1. The average molecular weight is 335 g/mol. The van der Waals surface area contributed by atoms with E-state index in [2.05, 4.69) is 5.32 Å². The predicted octanol–water partition coefficient (Wildman–Crippen LogP) is 0.789. The van der Waals surface area contributed by atoms with Gasteiger partial charge in [0.05, 0.1) is 18.9 Å². The van der Waals surface area contributed by atoms with Gasteiger partial charge < -0.3 is 9.64 Å². The number of halogens is 1. The maximum Gasteiger partial charge on any atom is 0.271 e. The molecule has 1 aromatic carbocycles. The number of nitrogens with zero attached hydrogens (tertiary/aromatic N) is 2. The molecule has 120 valence electrons. The SMILES string of the molecule is O=C1NC(=S)N(c2ccc(F)cc2)C(=O)/C1=C\N1CCOCC1. The Balaban J connectivity index is 1.90. The van der Waals surface area contributed by atoms with Crippen LogP contribution in [0.1, 0.15) is 0 Å². The first kappa shape index (κ1) is 15.6. The molecule has 1 N–H and O–H groups in total. The minimum Gasteiger partial charge on any atom is -0.378 e. The Morgan fingerprint density at radius 2 is 1.83 bits per heavy atom. The molecule has 6 nitrogen and oxygen atoms in total. The van der Waals surface area contributed by atoms with Crippen LogP contribution in [0.4, 0.5) is 10.1 Å². The van der Waals surface area contributed by atoms with Crippen molar-refractivity contribution in [1.29, 1.82) is 0 Å². The Labute approximate surface area is 137 Å². The molecular formula is C15H14FN3O3S. The summed E-state index contributed by atoms with van der Waals surface area (Å²) in [6.07, 6.45) is 1.53. The summed E-state index contributed by atoms with van der Waals surface area (Å²) in [6.45, 7) is 2.29. The van der Waals surface area contributed by atoms with Crippen LogP contribution in [-0.4, -0.2) is 48.1 Å². The van der Waals surface area contributed by atoms with Crippen LogP contribution >= 0.6 is 12.2 Å². The van der Waals surface area contributed by atoms with Crippen molar-refractivity contribution in [3.05, 3.63) is 41.9 Å². The van der Waals surface area contributed by atoms with Crippen LogP contribution < -0.4 is 10.2 Å². The predicted molar refractivity (Wildman–Crippen MR) is 85.1 cm³/mol. The number of carbonyl (C=O) groups excluding carboxylic acids is 2. The number of hydrogen-bond donors (Lipinski definition) is 1. The van der Waals surface area contributed by atoms with E-state index in [9.17, 15) is 14.0 Å². The van der Waals surface area contributed by atoms with Crippen LogP contribution in [-0.2, 0) is 14.3 Å². The molecule has 23 heavy (non-hydrogen) atoms. The minimum absolute atomic E-state index is 0.00942. The third-order valence-corrected chi connectivity index (χ3v) is 3.83. The van der Waals surface area contributed by atoms with Crippen LogP contribution in [0, 0.1) is 5.82 Å². The first-order valence-corrected chi connectivity index (χ1v) is 7.46. The van der Waals surface area contributed by atoms with Gasteiger partial charge >= 0.3 is 0 Å². The number of carbonyl (C=O) groups is 2. The highest BCUT2D eigenvalue weighted by atomic mass is 32.1. The first-order valence-electron chi connectivity index (χ1n) is 7.05. The Morgan fingerprint density at radius 3 is 2.48 bits per heavy atom. The molecule has 0 saturated carbocycles. The Bertz CT molecular complexity index is 684. The average Bonchev–Trinajstić information content (AvgIpc) is 2.54. The number of nitrogens with one attached hydrogen (secondary N) is 1. The van der Waals surface area contributed by atoms with E-state index in [1.807, 2.05) is 4.90 Å². The lowest BCUT2D eigenvalue weighted by atomic mass is 10.1. The molecule has 2 aliphatic rings. The van der Waals surface area contributed by atoms with E-state index in [1.165, 1.54) is 35.4 Å². The zero-order chi connectivity index (χ0) is 16.4. The number of anilines is 1. The highest BCUT2D eigenvalue weighted by Crippen LogP contribution is 2.21. The largest absolute Gasteiger partial charge is 0.378 e. The Morgan fingerprint density at radius 1 is 1.17 bits per heavy atom. The fourth-order valence-electron chi connectivity index (χ4n) is 2.36. The van der Waals surface area contributed by atoms with Crippen molar-refractivity contribution in [1.82, 2.24) is 10.2 Å². The number of ether oxygens (including phenoxy) is 1. The van der Waals surface area contributed by atoms with E-state index >= 15 is 0 Å². The van der Waals surface area contributed by atoms with Crippen LogP contribution in [0.15, 0.2) is 36.0 Å². The molecule has 2 heterocycles. The summed E-state index contributed by atoms with van der Waals surface area (Å²) < 4.78 is 18.3. The van der Waals surface area contributed by atoms with Gasteiger partial charge in [-0.25, -0.2) is 4.39 Å². The molecular weight excluding hydrogens is 321 g/mol. The van der Waals surface area contributed by atoms with Gasteiger partial charge in [-0.3, -0.25) is 19.8 Å². The van der Waals surface area contributed by atoms with Gasteiger partial charge in [-0.15, -0.1) is 0 Å². The number of morpholine rings is 1. The molecule has 1 aromatic rings. The molecule has 0 bridgehead atoms. The van der Waals surface area contributed by atoms with E-state index < -0.39 is 17.6 Å². The fourth-order valence-corrected chi connectivity index (χ4v) is 2.64. The molecule has 2 fully saturated rings. The van der Waals surface area contributed by atoms with E-state index in [-0.39, 0.29) is 10.7 Å². The first-order chi connectivity index (χ1) is 11.1. The van der Waals surface area contributed by atoms with Gasteiger partial charge in [0.2, 0.25) is 0 Å². The van der Waals surface area contributed by atoms with Crippen molar-refractivity contribution < 1.29 is 18.7 Å². The summed E-state index contributed by atoms with van der Waals surface area (Å²) >= 11 is 5.07. The summed E-state index contributed by atoms with van der Waals surface area (Å²) in [4.78, 5) is 27.8. The van der Waals surface area contributed by atoms with Gasteiger partial charge in [-0.1, -0.05) is 0 Å². The van der Waals surface area contributed by atoms with Crippen molar-refractivity contribution >= 4 is 34.8 Å². The maximum absolute atomic E-state index is 13.1. The molecule has 2 amide bonds. The molecule has 0 unspecified atom stereocenters. The summed E-state index contributed by atoms with van der Waals surface area (Å²) in [7, 11) is 0. The second kappa shape index (κ2) is 6.43. The molecule has 3 rings (SSSR count). The number of benzene rings is 1. The van der Waals surface area contributed by atoms with E-state index in [0.717, 1.165) is 0 Å². The van der Waals surface area contributed by atoms with Crippen LogP contribution in [0.3, 0.4) is 0 Å². The zero-order valence-electron chi connectivity index (χ0n) is 12.1. The number of hydrogen-bond acceptors (Lipinski definition) is 5. The van der Waals surface area contributed by atoms with E-state index in [1.54, 1.807) is 0 Å². The van der Waals surface area contributed by atoms with Crippen molar-refractivity contribution in [3.63, 3.8) is 0 Å². The molecule has 0 radical (unpaired) electrons. The van der Waals surface area contributed by atoms with Gasteiger partial charge in [0, 0.05) is 19.3 Å². The molecule has 0 aliphatic carbocycles. The molecule has 2 aliphatic heterocycles. The summed E-state index contributed by atoms with van der Waals surface area (Å²) in [6, 6.07) is 5.33. The topological polar surface area (TPSA) is 61.9 Å². The molecule has 0 aromatic heterocycles. The van der Waals surface area contributed by atoms with Gasteiger partial charge in [0.1, 0.15) is 11.4 Å². The quantitative estimate of drug-likeness (QED) is 0.492. The van der Waals surface area contributed by atoms with Crippen molar-refractivity contribution in [2.75, 3.05) is 31.2 Å². The zero-order valence-corrected chi connectivity index (χ0v) is 12.9. The standard InChI is InChI=1S/C15H14FN3O3S/c16-10-1-3-11(4-2-10)19-14(21)12(13(20)17-15(19)23)9-18-5-7-22-8-6-18/h1-4,9H,5-8H2,(H,17,20,23)/b12-9-. The van der Waals surface area contributed by atoms with Crippen LogP contribution in [0.25, 0.3) is 0 Å². The lowest BCUT2D eigenvalue weighted by Crippen LogP contribution is -2.54. The second-order valence-electron chi connectivity index (χ2n) is 5.07. The molecule has 0 spiro atoms. The molecule has 2 saturated heterocycles.